The van der Waals surface area contributed by atoms with Crippen LogP contribution in [0.25, 0.3) is 6.08 Å². The van der Waals surface area contributed by atoms with Crippen LogP contribution >= 0.6 is 0 Å². The van der Waals surface area contributed by atoms with Gasteiger partial charge in [-0.05, 0) is 49.6 Å². The minimum atomic E-state index is -1.13. The minimum Gasteiger partial charge on any atom is -0.502 e. The Hall–Kier alpha value is -2.58. The van der Waals surface area contributed by atoms with Gasteiger partial charge in [0.25, 0.3) is 5.91 Å². The number of phenols is 1. The first-order valence-electron chi connectivity index (χ1n) is 9.33. The summed E-state index contributed by atoms with van der Waals surface area (Å²) in [7, 11) is 2.81. The molecule has 0 spiro atoms. The lowest BCUT2D eigenvalue weighted by atomic mass is 10.1. The monoisotopic (exact) mass is 392 g/mol. The normalized spacial score (nSPS) is 16.7. The average Bonchev–Trinajstić information content (AvgIpc) is 2.95. The van der Waals surface area contributed by atoms with Gasteiger partial charge in [-0.15, -0.1) is 0 Å². The van der Waals surface area contributed by atoms with Crippen molar-refractivity contribution in [1.82, 2.24) is 4.90 Å². The fraction of sp³-hybridized carbons (Fsp3) is 0.500. The van der Waals surface area contributed by atoms with E-state index in [1.807, 2.05) is 0 Å². The van der Waals surface area contributed by atoms with Gasteiger partial charge in [-0.1, -0.05) is 12.8 Å². The van der Waals surface area contributed by atoms with Crippen LogP contribution in [0.2, 0.25) is 0 Å². The number of ether oxygens (including phenoxy) is 2. The molecule has 1 heterocycles. The summed E-state index contributed by atoms with van der Waals surface area (Å²) in [5, 5.41) is 20.3. The molecule has 1 aliphatic heterocycles. The van der Waals surface area contributed by atoms with Gasteiger partial charge in [0.05, 0.1) is 20.6 Å². The fourth-order valence-electron chi connectivity index (χ4n) is 3.16. The number of aromatic hydroxyl groups is 1. The van der Waals surface area contributed by atoms with Crippen LogP contribution in [0.5, 0.6) is 17.2 Å². The van der Waals surface area contributed by atoms with E-state index in [4.69, 9.17) is 15.2 Å². The number of hydrogen-bond donors (Lipinski definition) is 3. The summed E-state index contributed by atoms with van der Waals surface area (Å²) in [6.07, 6.45) is 4.14. The number of carbonyl (C=O) groups is 2. The Bertz CT molecular complexity index is 721. The first kappa shape index (κ1) is 21.7. The zero-order valence-electron chi connectivity index (χ0n) is 16.3. The predicted molar refractivity (Wildman–Crippen MR) is 104 cm³/mol. The Morgan fingerprint density at radius 3 is 2.32 bits per heavy atom. The molecule has 2 amide bonds. The van der Waals surface area contributed by atoms with Crippen LogP contribution in [0.3, 0.4) is 0 Å². The van der Waals surface area contributed by atoms with Crippen molar-refractivity contribution in [2.75, 3.05) is 20.8 Å². The number of hydrogen-bond acceptors (Lipinski definition) is 7. The largest absolute Gasteiger partial charge is 0.502 e. The number of nitrogens with two attached hydrogens (primary N) is 1. The van der Waals surface area contributed by atoms with E-state index in [-0.39, 0.29) is 29.2 Å². The molecule has 1 saturated heterocycles. The summed E-state index contributed by atoms with van der Waals surface area (Å²) in [5.74, 6) is -0.698. The molecule has 1 fully saturated rings. The Balaban J connectivity index is 2.12. The van der Waals surface area contributed by atoms with Gasteiger partial charge in [0.2, 0.25) is 11.7 Å². The molecule has 1 atom stereocenters. The molecule has 1 aromatic carbocycles. The van der Waals surface area contributed by atoms with Gasteiger partial charge in [0.1, 0.15) is 6.23 Å². The van der Waals surface area contributed by atoms with Gasteiger partial charge in [-0.2, -0.15) is 0 Å². The summed E-state index contributed by atoms with van der Waals surface area (Å²) < 4.78 is 10.2. The number of benzene rings is 1. The van der Waals surface area contributed by atoms with Crippen molar-refractivity contribution in [2.45, 2.75) is 44.8 Å². The Morgan fingerprint density at radius 2 is 1.75 bits per heavy atom. The number of rotatable bonds is 10. The molecule has 0 saturated carbocycles. The number of aliphatic hydroxyl groups is 1. The third-order valence-electron chi connectivity index (χ3n) is 4.66. The lowest BCUT2D eigenvalue weighted by Gasteiger charge is -2.20. The number of amides is 2. The number of likely N-dealkylation sites (tertiary alicyclic amines) is 1. The van der Waals surface area contributed by atoms with Gasteiger partial charge in [-0.3, -0.25) is 14.5 Å². The molecule has 0 aromatic heterocycles. The topological polar surface area (TPSA) is 122 Å². The SMILES string of the molecule is COc1cc(/C=C2\CC(=O)N(C(O)CCCCCCN)C2=O)cc(OC)c1O. The molecule has 4 N–H and O–H groups in total. The number of methoxy groups -OCH3 is 2. The van der Waals surface area contributed by atoms with Crippen molar-refractivity contribution in [3.05, 3.63) is 23.3 Å². The Kier molecular flexibility index (Phi) is 7.83. The van der Waals surface area contributed by atoms with Crippen molar-refractivity contribution in [2.24, 2.45) is 5.73 Å². The van der Waals surface area contributed by atoms with Gasteiger partial charge < -0.3 is 25.4 Å². The van der Waals surface area contributed by atoms with Gasteiger partial charge in [0.15, 0.2) is 11.5 Å². The van der Waals surface area contributed by atoms with Gasteiger partial charge >= 0.3 is 0 Å². The third-order valence-corrected chi connectivity index (χ3v) is 4.66. The van der Waals surface area contributed by atoms with Crippen LogP contribution in [0.1, 0.15) is 44.1 Å². The van der Waals surface area contributed by atoms with E-state index in [0.29, 0.717) is 24.9 Å². The number of unbranched alkanes of at least 4 members (excludes halogenated alkanes) is 3. The highest BCUT2D eigenvalue weighted by molar-refractivity contribution is 6.15. The van der Waals surface area contributed by atoms with Crippen molar-refractivity contribution >= 4 is 17.9 Å². The van der Waals surface area contributed by atoms with Crippen LogP contribution in [0, 0.1) is 0 Å². The second kappa shape index (κ2) is 10.1. The molecule has 0 aliphatic carbocycles. The maximum Gasteiger partial charge on any atom is 0.259 e. The molecule has 8 nitrogen and oxygen atoms in total. The summed E-state index contributed by atoms with van der Waals surface area (Å²) in [6.45, 7) is 0.632. The summed E-state index contributed by atoms with van der Waals surface area (Å²) in [5.41, 5.74) is 6.26. The second-order valence-corrected chi connectivity index (χ2v) is 6.66. The molecule has 2 rings (SSSR count). The van der Waals surface area contributed by atoms with E-state index in [2.05, 4.69) is 0 Å². The minimum absolute atomic E-state index is 0.0887. The molecule has 0 radical (unpaired) electrons. The van der Waals surface area contributed by atoms with Crippen molar-refractivity contribution < 1.29 is 29.3 Å². The Labute approximate surface area is 164 Å². The molecule has 154 valence electrons. The average molecular weight is 392 g/mol. The molecule has 28 heavy (non-hydrogen) atoms. The maximum absolute atomic E-state index is 12.6. The molecule has 0 bridgehead atoms. The smallest absolute Gasteiger partial charge is 0.259 e. The highest BCUT2D eigenvalue weighted by Crippen LogP contribution is 2.38. The number of imide groups is 1. The highest BCUT2D eigenvalue weighted by Gasteiger charge is 2.37. The number of aliphatic hydroxyl groups excluding tert-OH is 1. The van der Waals surface area contributed by atoms with Crippen LogP contribution in [-0.4, -0.2) is 53.9 Å². The number of nitrogens with zero attached hydrogens (tertiary/aromatic N) is 1. The lowest BCUT2D eigenvalue weighted by Crippen LogP contribution is -2.39. The molecule has 1 aliphatic rings. The highest BCUT2D eigenvalue weighted by atomic mass is 16.5. The van der Waals surface area contributed by atoms with Crippen molar-refractivity contribution in [3.63, 3.8) is 0 Å². The van der Waals surface area contributed by atoms with Crippen molar-refractivity contribution in [3.8, 4) is 17.2 Å². The van der Waals surface area contributed by atoms with Crippen LogP contribution < -0.4 is 15.2 Å². The van der Waals surface area contributed by atoms with Crippen LogP contribution in [0.4, 0.5) is 0 Å². The first-order chi connectivity index (χ1) is 13.4. The zero-order chi connectivity index (χ0) is 20.7. The zero-order valence-corrected chi connectivity index (χ0v) is 16.3. The molecule has 8 heteroatoms. The van der Waals surface area contributed by atoms with E-state index in [0.717, 1.165) is 24.2 Å². The van der Waals surface area contributed by atoms with E-state index in [1.165, 1.54) is 14.2 Å². The summed E-state index contributed by atoms with van der Waals surface area (Å²) >= 11 is 0. The summed E-state index contributed by atoms with van der Waals surface area (Å²) in [6, 6.07) is 3.08. The van der Waals surface area contributed by atoms with E-state index < -0.39 is 18.0 Å². The third kappa shape index (κ3) is 5.02. The van der Waals surface area contributed by atoms with Crippen LogP contribution in [0.15, 0.2) is 17.7 Å². The van der Waals surface area contributed by atoms with E-state index >= 15 is 0 Å². The van der Waals surface area contributed by atoms with Crippen molar-refractivity contribution in [1.29, 1.82) is 0 Å². The van der Waals surface area contributed by atoms with E-state index in [1.54, 1.807) is 18.2 Å². The summed E-state index contributed by atoms with van der Waals surface area (Å²) in [4.78, 5) is 25.8. The van der Waals surface area contributed by atoms with Gasteiger partial charge in [0, 0.05) is 5.57 Å². The molecule has 1 aromatic rings. The van der Waals surface area contributed by atoms with Crippen LogP contribution in [-0.2, 0) is 9.59 Å². The number of carbonyl (C=O) groups excluding carboxylic acids is 2. The first-order valence-corrected chi connectivity index (χ1v) is 9.33. The fourth-order valence-corrected chi connectivity index (χ4v) is 3.16. The van der Waals surface area contributed by atoms with E-state index in [9.17, 15) is 19.8 Å². The quantitative estimate of drug-likeness (QED) is 0.315. The molecule has 1 unspecified atom stereocenters. The standard InChI is InChI=1S/C20H28N2O6/c1-27-15-10-13(11-16(28-2)19(15)25)9-14-12-18(24)22(20(14)26)17(23)7-5-3-4-6-8-21/h9-11,17,23,25H,3-8,12,21H2,1-2H3/b14-9+. The lowest BCUT2D eigenvalue weighted by molar-refractivity contribution is -0.148. The molecular formula is C20H28N2O6. The number of phenolic OH excluding ortho intramolecular Hbond substituents is 1. The second-order valence-electron chi connectivity index (χ2n) is 6.66. The molecular weight excluding hydrogens is 364 g/mol. The maximum atomic E-state index is 12.6. The Morgan fingerprint density at radius 1 is 1.14 bits per heavy atom. The van der Waals surface area contributed by atoms with Gasteiger partial charge in [-0.25, -0.2) is 0 Å². The predicted octanol–water partition coefficient (Wildman–Crippen LogP) is 1.78.